The van der Waals surface area contributed by atoms with Gasteiger partial charge in [0.2, 0.25) is 12.6 Å². The average molecular weight is 563 g/mol. The van der Waals surface area contributed by atoms with Crippen LogP contribution < -0.4 is 9.47 Å². The first-order chi connectivity index (χ1) is 17.7. The Morgan fingerprint density at radius 1 is 0.838 bits per heavy atom. The second-order valence-corrected chi connectivity index (χ2v) is 11.8. The highest BCUT2D eigenvalue weighted by Crippen LogP contribution is 2.51. The topological polar surface area (TPSA) is 71.1 Å². The molecule has 0 fully saturated rings. The Hall–Kier alpha value is -2.29. The van der Waals surface area contributed by atoms with E-state index < -0.39 is 22.7 Å². The zero-order valence-corrected chi connectivity index (χ0v) is 23.0. The van der Waals surface area contributed by atoms with Crippen molar-refractivity contribution in [3.8, 4) is 11.5 Å². The number of benzene rings is 3. The lowest BCUT2D eigenvalue weighted by atomic mass is 9.99. The van der Waals surface area contributed by atoms with Crippen LogP contribution in [-0.4, -0.2) is 15.0 Å². The maximum atomic E-state index is 12.5. The molecule has 37 heavy (non-hydrogen) atoms. The van der Waals surface area contributed by atoms with Gasteiger partial charge < -0.3 is 9.47 Å². The number of unbranched alkanes of at least 4 members (excludes halogenated alkanes) is 1. The molecule has 0 spiro atoms. The van der Waals surface area contributed by atoms with Crippen LogP contribution in [0.15, 0.2) is 53.4 Å². The largest absolute Gasteiger partial charge is 0.459 e. The molecule has 0 radical (unpaired) electrons. The number of halogens is 2. The van der Waals surface area contributed by atoms with Gasteiger partial charge in [-0.15, -0.1) is 0 Å². The third kappa shape index (κ3) is 5.61. The third-order valence-electron chi connectivity index (χ3n) is 6.46. The minimum atomic E-state index is -3.83. The summed E-state index contributed by atoms with van der Waals surface area (Å²) in [6.07, 6.45) is 2.52. The highest BCUT2D eigenvalue weighted by Gasteiger charge is 2.40. The van der Waals surface area contributed by atoms with Crippen molar-refractivity contribution in [1.82, 2.24) is 0 Å². The van der Waals surface area contributed by atoms with Crippen molar-refractivity contribution in [2.24, 2.45) is 0 Å². The summed E-state index contributed by atoms with van der Waals surface area (Å²) < 4.78 is 49.0. The predicted octanol–water partition coefficient (Wildman–Crippen LogP) is 7.48. The van der Waals surface area contributed by atoms with Gasteiger partial charge in [0.1, 0.15) is 11.5 Å². The SMILES string of the molecule is CCCCc1cc(Cl)cc2c1OC1OC2Oc2c(CCCOS(=O)(=O)c3ccc(C)cc3)cc(Cl)cc21. The molecule has 2 bridgehead atoms. The lowest BCUT2D eigenvalue weighted by Crippen LogP contribution is -2.31. The minimum absolute atomic E-state index is 0.0244. The Labute approximate surface area is 227 Å². The molecule has 0 amide bonds. The molecule has 0 aliphatic carbocycles. The molecule has 2 atom stereocenters. The van der Waals surface area contributed by atoms with E-state index in [-0.39, 0.29) is 11.5 Å². The molecule has 9 heteroatoms. The van der Waals surface area contributed by atoms with Gasteiger partial charge >= 0.3 is 0 Å². The van der Waals surface area contributed by atoms with Crippen LogP contribution >= 0.6 is 23.2 Å². The van der Waals surface area contributed by atoms with Crippen molar-refractivity contribution in [2.75, 3.05) is 6.61 Å². The minimum Gasteiger partial charge on any atom is -0.459 e. The highest BCUT2D eigenvalue weighted by atomic mass is 35.5. The van der Waals surface area contributed by atoms with E-state index in [9.17, 15) is 8.42 Å². The summed E-state index contributed by atoms with van der Waals surface area (Å²) in [5.74, 6) is 1.38. The maximum Gasteiger partial charge on any atom is 0.296 e. The first-order valence-corrected chi connectivity index (χ1v) is 14.5. The molecule has 6 nitrogen and oxygen atoms in total. The Morgan fingerprint density at radius 2 is 1.38 bits per heavy atom. The Bertz CT molecular complexity index is 1410. The Kier molecular flexibility index (Phi) is 7.70. The van der Waals surface area contributed by atoms with Gasteiger partial charge in [-0.1, -0.05) is 54.2 Å². The van der Waals surface area contributed by atoms with Crippen LogP contribution in [0, 0.1) is 6.92 Å². The number of hydrogen-bond acceptors (Lipinski definition) is 6. The standard InChI is InChI=1S/C28H28Cl2O6S/c1-3-4-6-18-13-20(29)15-23-25(18)34-28-24-16-21(30)14-19(26(24)35-27(23)36-28)7-5-12-33-37(31,32)22-10-8-17(2)9-11-22/h8-11,13-16,27-28H,3-7,12H2,1-2H3. The molecule has 3 aromatic rings. The van der Waals surface area contributed by atoms with Crippen molar-refractivity contribution in [3.63, 3.8) is 0 Å². The van der Waals surface area contributed by atoms with E-state index in [1.807, 2.05) is 25.1 Å². The van der Waals surface area contributed by atoms with Gasteiger partial charge in [-0.3, -0.25) is 8.92 Å². The Balaban J connectivity index is 1.33. The molecule has 2 unspecified atom stereocenters. The number of rotatable bonds is 9. The molecule has 3 aromatic carbocycles. The van der Waals surface area contributed by atoms with E-state index in [2.05, 4.69) is 6.92 Å². The summed E-state index contributed by atoms with van der Waals surface area (Å²) in [4.78, 5) is 0.138. The molecule has 5 rings (SSSR count). The van der Waals surface area contributed by atoms with E-state index in [1.165, 1.54) is 0 Å². The Morgan fingerprint density at radius 3 is 1.92 bits per heavy atom. The van der Waals surface area contributed by atoms with Crippen LogP contribution in [0.3, 0.4) is 0 Å². The number of hydrogen-bond donors (Lipinski definition) is 0. The van der Waals surface area contributed by atoms with Crippen molar-refractivity contribution in [1.29, 1.82) is 0 Å². The van der Waals surface area contributed by atoms with Crippen LogP contribution in [0.25, 0.3) is 0 Å². The predicted molar refractivity (Wildman–Crippen MR) is 142 cm³/mol. The van der Waals surface area contributed by atoms with E-state index in [0.717, 1.165) is 47.3 Å². The van der Waals surface area contributed by atoms with Crippen LogP contribution in [0.5, 0.6) is 11.5 Å². The quantitative estimate of drug-likeness (QED) is 0.199. The lowest BCUT2D eigenvalue weighted by Gasteiger charge is -2.39. The zero-order valence-electron chi connectivity index (χ0n) is 20.6. The van der Waals surface area contributed by atoms with Crippen LogP contribution in [0.2, 0.25) is 10.0 Å². The maximum absolute atomic E-state index is 12.5. The fourth-order valence-corrected chi connectivity index (χ4v) is 6.02. The van der Waals surface area contributed by atoms with E-state index >= 15 is 0 Å². The molecule has 0 saturated heterocycles. The zero-order chi connectivity index (χ0) is 26.2. The van der Waals surface area contributed by atoms with Crippen LogP contribution in [-0.2, 0) is 31.9 Å². The van der Waals surface area contributed by atoms with Crippen LogP contribution in [0.1, 0.15) is 66.6 Å². The summed E-state index contributed by atoms with van der Waals surface area (Å²) in [5.41, 5.74) is 4.30. The number of aryl methyl sites for hydroxylation is 3. The van der Waals surface area contributed by atoms with Crippen LogP contribution in [0.4, 0.5) is 0 Å². The molecular weight excluding hydrogens is 535 g/mol. The van der Waals surface area contributed by atoms with Gasteiger partial charge in [0.25, 0.3) is 10.1 Å². The van der Waals surface area contributed by atoms with E-state index in [0.29, 0.717) is 34.2 Å². The smallest absolute Gasteiger partial charge is 0.296 e. The molecule has 0 aromatic heterocycles. The molecule has 2 aliphatic rings. The summed E-state index contributed by atoms with van der Waals surface area (Å²) in [6, 6.07) is 13.9. The van der Waals surface area contributed by atoms with E-state index in [4.69, 9.17) is 41.6 Å². The summed E-state index contributed by atoms with van der Waals surface area (Å²) in [7, 11) is -3.83. The van der Waals surface area contributed by atoms with Crippen molar-refractivity contribution < 1.29 is 26.8 Å². The number of fused-ring (bicyclic) bond motifs is 6. The molecule has 2 aliphatic heterocycles. The van der Waals surface area contributed by atoms with Gasteiger partial charge in [0, 0.05) is 10.0 Å². The van der Waals surface area contributed by atoms with Gasteiger partial charge in [-0.25, -0.2) is 0 Å². The number of ether oxygens (including phenoxy) is 3. The first-order valence-electron chi connectivity index (χ1n) is 12.3. The summed E-state index contributed by atoms with van der Waals surface area (Å²) >= 11 is 12.9. The normalized spacial score (nSPS) is 17.9. The lowest BCUT2D eigenvalue weighted by molar-refractivity contribution is -0.228. The molecule has 2 heterocycles. The molecule has 0 N–H and O–H groups in total. The molecule has 196 valence electrons. The van der Waals surface area contributed by atoms with Gasteiger partial charge in [-0.05, 0) is 80.1 Å². The van der Waals surface area contributed by atoms with Gasteiger partial charge in [-0.2, -0.15) is 8.42 Å². The second kappa shape index (κ2) is 10.8. The van der Waals surface area contributed by atoms with E-state index in [1.54, 1.807) is 30.3 Å². The highest BCUT2D eigenvalue weighted by molar-refractivity contribution is 7.86. The van der Waals surface area contributed by atoms with Crippen molar-refractivity contribution in [3.05, 3.63) is 86.4 Å². The first kappa shape index (κ1) is 26.3. The average Bonchev–Trinajstić information content (AvgIpc) is 2.86. The molecular formula is C28H28Cl2O6S. The molecule has 0 saturated carbocycles. The fourth-order valence-electron chi connectivity index (χ4n) is 4.58. The monoisotopic (exact) mass is 562 g/mol. The van der Waals surface area contributed by atoms with Crippen molar-refractivity contribution >= 4 is 33.3 Å². The second-order valence-electron chi connectivity index (χ2n) is 9.30. The van der Waals surface area contributed by atoms with Gasteiger partial charge in [0.15, 0.2) is 0 Å². The van der Waals surface area contributed by atoms with Gasteiger partial charge in [0.05, 0.1) is 22.6 Å². The fraction of sp³-hybridized carbons (Fsp3) is 0.357. The third-order valence-corrected chi connectivity index (χ3v) is 8.22. The van der Waals surface area contributed by atoms with Crippen molar-refractivity contribution in [2.45, 2.75) is 63.4 Å². The summed E-state index contributed by atoms with van der Waals surface area (Å²) in [6.45, 7) is 4.06. The summed E-state index contributed by atoms with van der Waals surface area (Å²) in [5, 5.41) is 1.12.